The number of urea groups is 1. The first-order valence-corrected chi connectivity index (χ1v) is 9.46. The lowest BCUT2D eigenvalue weighted by atomic mass is 9.78. The Morgan fingerprint density at radius 1 is 1.15 bits per heavy atom. The fourth-order valence-corrected chi connectivity index (χ4v) is 4.33. The van der Waals surface area contributed by atoms with E-state index in [1.54, 1.807) is 0 Å². The molecular formula is C20H23N3O4. The number of ether oxygens (including phenoxy) is 2. The normalized spacial score (nSPS) is 26.3. The Labute approximate surface area is 158 Å². The van der Waals surface area contributed by atoms with Gasteiger partial charge in [-0.1, -0.05) is 18.2 Å². The number of nitriles is 1. The molecule has 0 radical (unpaired) electrons. The highest BCUT2D eigenvalue weighted by atomic mass is 16.5. The average molecular weight is 369 g/mol. The summed E-state index contributed by atoms with van der Waals surface area (Å²) < 4.78 is 11.0. The highest BCUT2D eigenvalue weighted by Crippen LogP contribution is 2.41. The SMILES string of the molecule is N#CC1(CCCN2C(=O)NC3(CCOc4ccccc43)C2=O)CCOCC1. The van der Waals surface area contributed by atoms with Crippen molar-refractivity contribution < 1.29 is 19.1 Å². The zero-order valence-corrected chi connectivity index (χ0v) is 15.2. The van der Waals surface area contributed by atoms with Crippen LogP contribution in [0.4, 0.5) is 4.79 Å². The molecule has 0 bridgehead atoms. The molecule has 4 rings (SSSR count). The van der Waals surface area contributed by atoms with Gasteiger partial charge in [0.1, 0.15) is 5.75 Å². The van der Waals surface area contributed by atoms with Crippen LogP contribution in [0, 0.1) is 16.7 Å². The van der Waals surface area contributed by atoms with E-state index in [4.69, 9.17) is 9.47 Å². The number of amides is 3. The van der Waals surface area contributed by atoms with Crippen LogP contribution < -0.4 is 10.1 Å². The average Bonchev–Trinajstić information content (AvgIpc) is 2.94. The van der Waals surface area contributed by atoms with Crippen molar-refractivity contribution in [1.82, 2.24) is 10.2 Å². The summed E-state index contributed by atoms with van der Waals surface area (Å²) in [4.78, 5) is 27.1. The van der Waals surface area contributed by atoms with E-state index in [9.17, 15) is 14.9 Å². The van der Waals surface area contributed by atoms with Crippen LogP contribution in [0.2, 0.25) is 0 Å². The zero-order valence-electron chi connectivity index (χ0n) is 15.2. The van der Waals surface area contributed by atoms with Crippen LogP contribution in [0.25, 0.3) is 0 Å². The number of hydrogen-bond acceptors (Lipinski definition) is 5. The lowest BCUT2D eigenvalue weighted by Gasteiger charge is -2.33. The van der Waals surface area contributed by atoms with Crippen molar-refractivity contribution in [3.8, 4) is 11.8 Å². The van der Waals surface area contributed by atoms with E-state index >= 15 is 0 Å². The van der Waals surface area contributed by atoms with Gasteiger partial charge in [-0.25, -0.2) is 4.79 Å². The van der Waals surface area contributed by atoms with Crippen molar-refractivity contribution in [3.63, 3.8) is 0 Å². The standard InChI is InChI=1S/C20H23N3O4/c21-14-19(7-11-26-12-8-19)6-3-10-23-17(24)20(22-18(23)25)9-13-27-16-5-2-1-4-15(16)20/h1-2,4-5H,3,6-13H2,(H,22,25). The molecule has 3 heterocycles. The maximum atomic E-state index is 13.2. The van der Waals surface area contributed by atoms with Crippen LogP contribution >= 0.6 is 0 Å². The number of rotatable bonds is 4. The molecule has 0 saturated carbocycles. The van der Waals surface area contributed by atoms with Crippen molar-refractivity contribution >= 4 is 11.9 Å². The maximum absolute atomic E-state index is 13.2. The molecule has 3 aliphatic rings. The summed E-state index contributed by atoms with van der Waals surface area (Å²) in [6.45, 7) is 1.89. The van der Waals surface area contributed by atoms with Crippen molar-refractivity contribution in [2.24, 2.45) is 5.41 Å². The van der Waals surface area contributed by atoms with Crippen LogP contribution in [0.3, 0.4) is 0 Å². The van der Waals surface area contributed by atoms with E-state index in [2.05, 4.69) is 11.4 Å². The number of nitrogens with zero attached hydrogens (tertiary/aromatic N) is 2. The molecule has 3 amide bonds. The Morgan fingerprint density at radius 3 is 2.70 bits per heavy atom. The van der Waals surface area contributed by atoms with Crippen molar-refractivity contribution in [3.05, 3.63) is 29.8 Å². The summed E-state index contributed by atoms with van der Waals surface area (Å²) in [6.07, 6.45) is 3.11. The lowest BCUT2D eigenvalue weighted by molar-refractivity contribution is -0.132. The van der Waals surface area contributed by atoms with Crippen molar-refractivity contribution in [1.29, 1.82) is 5.26 Å². The fraction of sp³-hybridized carbons (Fsp3) is 0.550. The molecule has 1 unspecified atom stereocenters. The van der Waals surface area contributed by atoms with Crippen molar-refractivity contribution in [2.45, 2.75) is 37.6 Å². The van der Waals surface area contributed by atoms with E-state index in [-0.39, 0.29) is 11.9 Å². The Bertz CT molecular complexity index is 797. The number of fused-ring (bicyclic) bond motifs is 2. The van der Waals surface area contributed by atoms with Gasteiger partial charge in [-0.15, -0.1) is 0 Å². The predicted octanol–water partition coefficient (Wildman–Crippen LogP) is 2.32. The molecule has 0 aliphatic carbocycles. The number of imide groups is 1. The van der Waals surface area contributed by atoms with E-state index in [0.717, 1.165) is 5.56 Å². The topological polar surface area (TPSA) is 91.7 Å². The lowest BCUT2D eigenvalue weighted by Crippen LogP contribution is -2.47. The molecule has 7 nitrogen and oxygen atoms in total. The van der Waals surface area contributed by atoms with E-state index < -0.39 is 11.0 Å². The summed E-state index contributed by atoms with van der Waals surface area (Å²) in [5.74, 6) is 0.422. The number of hydrogen-bond donors (Lipinski definition) is 1. The third-order valence-corrected chi connectivity index (χ3v) is 5.98. The number of para-hydroxylation sites is 1. The number of benzene rings is 1. The highest BCUT2D eigenvalue weighted by molar-refractivity contribution is 6.07. The van der Waals surface area contributed by atoms with E-state index in [0.29, 0.717) is 64.2 Å². The quantitative estimate of drug-likeness (QED) is 0.823. The second-order valence-electron chi connectivity index (χ2n) is 7.49. The molecule has 3 aliphatic heterocycles. The first kappa shape index (κ1) is 17.8. The molecular weight excluding hydrogens is 346 g/mol. The van der Waals surface area contributed by atoms with Gasteiger partial charge >= 0.3 is 6.03 Å². The van der Waals surface area contributed by atoms with Crippen LogP contribution in [-0.2, 0) is 15.1 Å². The van der Waals surface area contributed by atoms with E-state index in [1.165, 1.54) is 4.90 Å². The van der Waals surface area contributed by atoms with Gasteiger partial charge in [0.05, 0.1) is 18.1 Å². The highest BCUT2D eigenvalue weighted by Gasteiger charge is 2.54. The van der Waals surface area contributed by atoms with Crippen LogP contribution in [0.1, 0.15) is 37.7 Å². The van der Waals surface area contributed by atoms with Gasteiger partial charge in [-0.2, -0.15) is 5.26 Å². The van der Waals surface area contributed by atoms with Gasteiger partial charge in [0.15, 0.2) is 5.54 Å². The molecule has 142 valence electrons. The predicted molar refractivity (Wildman–Crippen MR) is 95.8 cm³/mol. The summed E-state index contributed by atoms with van der Waals surface area (Å²) >= 11 is 0. The molecule has 1 atom stereocenters. The molecule has 1 spiro atoms. The van der Waals surface area contributed by atoms with Crippen LogP contribution in [0.5, 0.6) is 5.75 Å². The molecule has 27 heavy (non-hydrogen) atoms. The third-order valence-electron chi connectivity index (χ3n) is 5.98. The van der Waals surface area contributed by atoms with Crippen molar-refractivity contribution in [2.75, 3.05) is 26.4 Å². The minimum atomic E-state index is -1.03. The first-order chi connectivity index (χ1) is 13.1. The summed E-state index contributed by atoms with van der Waals surface area (Å²) in [6, 6.07) is 9.42. The van der Waals surface area contributed by atoms with Gasteiger partial charge in [-0.05, 0) is 31.7 Å². The first-order valence-electron chi connectivity index (χ1n) is 9.46. The second kappa shape index (κ2) is 6.86. The van der Waals surface area contributed by atoms with Crippen LogP contribution in [-0.4, -0.2) is 43.2 Å². The summed E-state index contributed by atoms with van der Waals surface area (Å²) in [5.41, 5.74) is -0.715. The largest absolute Gasteiger partial charge is 0.493 e. The molecule has 2 saturated heterocycles. The van der Waals surface area contributed by atoms with Gasteiger partial charge in [0, 0.05) is 31.7 Å². The molecule has 1 aromatic carbocycles. The third kappa shape index (κ3) is 2.94. The Morgan fingerprint density at radius 2 is 1.93 bits per heavy atom. The molecule has 7 heteroatoms. The van der Waals surface area contributed by atoms with Gasteiger partial charge in [0.25, 0.3) is 5.91 Å². The molecule has 1 aromatic rings. The second-order valence-corrected chi connectivity index (χ2v) is 7.49. The monoisotopic (exact) mass is 369 g/mol. The molecule has 1 N–H and O–H groups in total. The summed E-state index contributed by atoms with van der Waals surface area (Å²) in [5, 5.41) is 12.5. The van der Waals surface area contributed by atoms with Crippen LogP contribution in [0.15, 0.2) is 24.3 Å². The maximum Gasteiger partial charge on any atom is 0.325 e. The molecule has 2 fully saturated rings. The minimum absolute atomic E-state index is 0.221. The Hall–Kier alpha value is -2.59. The Kier molecular flexibility index (Phi) is 4.52. The number of carbonyl (C=O) groups is 2. The zero-order chi connectivity index (χ0) is 18.9. The van der Waals surface area contributed by atoms with Gasteiger partial charge < -0.3 is 14.8 Å². The van der Waals surface area contributed by atoms with E-state index in [1.807, 2.05) is 24.3 Å². The van der Waals surface area contributed by atoms with Gasteiger partial charge in [0.2, 0.25) is 0 Å². The Balaban J connectivity index is 1.47. The fourth-order valence-electron chi connectivity index (χ4n) is 4.33. The minimum Gasteiger partial charge on any atom is -0.493 e. The number of nitrogens with one attached hydrogen (secondary N) is 1. The molecule has 0 aromatic heterocycles. The smallest absolute Gasteiger partial charge is 0.325 e. The number of carbonyl (C=O) groups excluding carboxylic acids is 2. The van der Waals surface area contributed by atoms with Gasteiger partial charge in [-0.3, -0.25) is 9.69 Å². The summed E-state index contributed by atoms with van der Waals surface area (Å²) in [7, 11) is 0.